The number of hydrogen-bond donors (Lipinski definition) is 2. The molecule has 0 aliphatic rings. The molecule has 0 unspecified atom stereocenters. The van der Waals surface area contributed by atoms with E-state index in [9.17, 15) is 9.18 Å². The predicted molar refractivity (Wildman–Crippen MR) is 125 cm³/mol. The summed E-state index contributed by atoms with van der Waals surface area (Å²) in [6, 6.07) is 14.6. The average molecular weight is 431 g/mol. The summed E-state index contributed by atoms with van der Waals surface area (Å²) >= 11 is 1.67. The van der Waals surface area contributed by atoms with E-state index in [2.05, 4.69) is 15.6 Å². The summed E-state index contributed by atoms with van der Waals surface area (Å²) in [7, 11) is 3.51. The molecule has 0 aliphatic carbocycles. The van der Waals surface area contributed by atoms with Crippen molar-refractivity contribution in [2.24, 2.45) is 4.99 Å². The maximum atomic E-state index is 13.6. The van der Waals surface area contributed by atoms with E-state index >= 15 is 0 Å². The van der Waals surface area contributed by atoms with E-state index in [0.29, 0.717) is 24.4 Å². The Hall–Kier alpha value is -2.54. The van der Waals surface area contributed by atoms with Crippen LogP contribution in [0.2, 0.25) is 0 Å². The number of thioether (sulfide) groups is 1. The van der Waals surface area contributed by atoms with Crippen LogP contribution in [0.15, 0.2) is 53.5 Å². The molecule has 0 bridgehead atoms. The van der Waals surface area contributed by atoms with Crippen LogP contribution >= 0.6 is 11.8 Å². The fraction of sp³-hybridized carbons (Fsp3) is 0.391. The van der Waals surface area contributed by atoms with Crippen molar-refractivity contribution in [2.45, 2.75) is 19.1 Å². The fourth-order valence-corrected chi connectivity index (χ4v) is 3.62. The number of carbonyl (C=O) groups is 1. The van der Waals surface area contributed by atoms with Crippen molar-refractivity contribution in [1.82, 2.24) is 15.5 Å². The minimum Gasteiger partial charge on any atom is -0.357 e. The van der Waals surface area contributed by atoms with Gasteiger partial charge in [-0.3, -0.25) is 9.79 Å². The SMILES string of the molecule is CCNC(=NCCSCc1ccccc1F)NCCc1cccc(C(=O)N(C)C)c1. The van der Waals surface area contributed by atoms with Gasteiger partial charge in [0, 0.05) is 44.3 Å². The third kappa shape index (κ3) is 8.06. The van der Waals surface area contributed by atoms with E-state index in [1.807, 2.05) is 43.3 Å². The molecule has 162 valence electrons. The van der Waals surface area contributed by atoms with Crippen LogP contribution in [0.5, 0.6) is 0 Å². The molecule has 30 heavy (non-hydrogen) atoms. The Morgan fingerprint density at radius 1 is 1.13 bits per heavy atom. The smallest absolute Gasteiger partial charge is 0.253 e. The topological polar surface area (TPSA) is 56.7 Å². The second-order valence-corrected chi connectivity index (χ2v) is 8.09. The van der Waals surface area contributed by atoms with Crippen LogP contribution in [-0.4, -0.2) is 56.2 Å². The van der Waals surface area contributed by atoms with E-state index in [-0.39, 0.29) is 11.7 Å². The first-order chi connectivity index (χ1) is 14.5. The zero-order valence-electron chi connectivity index (χ0n) is 18.0. The fourth-order valence-electron chi connectivity index (χ4n) is 2.80. The second kappa shape index (κ2) is 12.9. The van der Waals surface area contributed by atoms with Gasteiger partial charge in [0.2, 0.25) is 0 Å². The van der Waals surface area contributed by atoms with Crippen LogP contribution < -0.4 is 10.6 Å². The molecule has 0 saturated heterocycles. The molecule has 1 amide bonds. The first kappa shape index (κ1) is 23.7. The lowest BCUT2D eigenvalue weighted by molar-refractivity contribution is 0.0827. The standard InChI is InChI=1S/C23H31FN4OS/c1-4-25-23(27-14-15-30-17-20-9-5-6-11-21(20)24)26-13-12-18-8-7-10-19(16-18)22(29)28(2)3/h5-11,16H,4,12-15,17H2,1-3H3,(H2,25,26,27). The van der Waals surface area contributed by atoms with E-state index in [1.165, 1.54) is 6.07 Å². The normalized spacial score (nSPS) is 11.3. The molecule has 0 aromatic heterocycles. The molecule has 7 heteroatoms. The van der Waals surface area contributed by atoms with Gasteiger partial charge < -0.3 is 15.5 Å². The molecule has 0 atom stereocenters. The highest BCUT2D eigenvalue weighted by Crippen LogP contribution is 2.15. The summed E-state index contributed by atoms with van der Waals surface area (Å²) in [5, 5.41) is 6.57. The highest BCUT2D eigenvalue weighted by atomic mass is 32.2. The van der Waals surface area contributed by atoms with Crippen LogP contribution in [0, 0.1) is 5.82 Å². The van der Waals surface area contributed by atoms with E-state index in [1.54, 1.807) is 36.8 Å². The first-order valence-corrected chi connectivity index (χ1v) is 11.3. The maximum absolute atomic E-state index is 13.6. The second-order valence-electron chi connectivity index (χ2n) is 6.98. The Bertz CT molecular complexity index is 841. The summed E-state index contributed by atoms with van der Waals surface area (Å²) in [6.07, 6.45) is 0.793. The Morgan fingerprint density at radius 3 is 2.67 bits per heavy atom. The van der Waals surface area contributed by atoms with Crippen LogP contribution in [0.3, 0.4) is 0 Å². The van der Waals surface area contributed by atoms with Crippen LogP contribution in [0.4, 0.5) is 4.39 Å². The maximum Gasteiger partial charge on any atom is 0.253 e. The number of rotatable bonds is 10. The number of nitrogens with one attached hydrogen (secondary N) is 2. The summed E-state index contributed by atoms with van der Waals surface area (Å²) in [6.45, 7) is 4.18. The molecule has 0 saturated carbocycles. The number of carbonyl (C=O) groups excluding carboxylic acids is 1. The molecule has 2 aromatic carbocycles. The van der Waals surface area contributed by atoms with Gasteiger partial charge in [0.1, 0.15) is 5.82 Å². The molecule has 0 spiro atoms. The van der Waals surface area contributed by atoms with Gasteiger partial charge in [-0.25, -0.2) is 4.39 Å². The molecular formula is C23H31FN4OS. The van der Waals surface area contributed by atoms with Crippen molar-refractivity contribution in [1.29, 1.82) is 0 Å². The Labute approximate surface area is 183 Å². The molecular weight excluding hydrogens is 399 g/mol. The van der Waals surface area contributed by atoms with Crippen molar-refractivity contribution < 1.29 is 9.18 Å². The minimum absolute atomic E-state index is 0.00703. The number of guanidine groups is 1. The van der Waals surface area contributed by atoms with Gasteiger partial charge in [-0.15, -0.1) is 0 Å². The van der Waals surface area contributed by atoms with Crippen LogP contribution in [-0.2, 0) is 12.2 Å². The average Bonchev–Trinajstić information content (AvgIpc) is 2.74. The van der Waals surface area contributed by atoms with Gasteiger partial charge in [-0.1, -0.05) is 30.3 Å². The molecule has 0 aliphatic heterocycles. The zero-order chi connectivity index (χ0) is 21.8. The molecule has 2 N–H and O–H groups in total. The Kier molecular flexibility index (Phi) is 10.2. The first-order valence-electron chi connectivity index (χ1n) is 10.1. The molecule has 2 aromatic rings. The lowest BCUT2D eigenvalue weighted by atomic mass is 10.1. The summed E-state index contributed by atoms with van der Waals surface area (Å²) in [5.41, 5.74) is 2.53. The third-order valence-corrected chi connectivity index (χ3v) is 5.34. The van der Waals surface area contributed by atoms with E-state index in [4.69, 9.17) is 0 Å². The largest absolute Gasteiger partial charge is 0.357 e. The third-order valence-electron chi connectivity index (χ3n) is 4.35. The van der Waals surface area contributed by atoms with Gasteiger partial charge in [-0.2, -0.15) is 11.8 Å². The van der Waals surface area contributed by atoms with Crippen molar-refractivity contribution in [3.8, 4) is 0 Å². The lowest BCUT2D eigenvalue weighted by Gasteiger charge is -2.13. The van der Waals surface area contributed by atoms with Crippen molar-refractivity contribution in [3.05, 3.63) is 71.0 Å². The Balaban J connectivity index is 1.77. The van der Waals surface area contributed by atoms with E-state index in [0.717, 1.165) is 35.8 Å². The lowest BCUT2D eigenvalue weighted by Crippen LogP contribution is -2.38. The zero-order valence-corrected chi connectivity index (χ0v) is 18.8. The molecule has 0 heterocycles. The molecule has 2 rings (SSSR count). The van der Waals surface area contributed by atoms with Gasteiger partial charge >= 0.3 is 0 Å². The number of amides is 1. The number of aliphatic imine (C=N–C) groups is 1. The van der Waals surface area contributed by atoms with Crippen molar-refractivity contribution in [3.63, 3.8) is 0 Å². The molecule has 0 fully saturated rings. The number of hydrogen-bond acceptors (Lipinski definition) is 3. The van der Waals surface area contributed by atoms with Gasteiger partial charge in [-0.05, 0) is 42.7 Å². The van der Waals surface area contributed by atoms with Crippen LogP contribution in [0.1, 0.15) is 28.4 Å². The highest BCUT2D eigenvalue weighted by molar-refractivity contribution is 7.98. The molecule has 0 radical (unpaired) electrons. The number of benzene rings is 2. The quantitative estimate of drug-likeness (QED) is 0.344. The van der Waals surface area contributed by atoms with Crippen molar-refractivity contribution >= 4 is 23.6 Å². The van der Waals surface area contributed by atoms with Crippen molar-refractivity contribution in [2.75, 3.05) is 39.5 Å². The van der Waals surface area contributed by atoms with Gasteiger partial charge in [0.25, 0.3) is 5.91 Å². The predicted octanol–water partition coefficient (Wildman–Crippen LogP) is 3.56. The number of nitrogens with zero attached hydrogens (tertiary/aromatic N) is 2. The van der Waals surface area contributed by atoms with Crippen LogP contribution in [0.25, 0.3) is 0 Å². The molecule has 5 nitrogen and oxygen atoms in total. The summed E-state index contributed by atoms with van der Waals surface area (Å²) in [4.78, 5) is 18.3. The summed E-state index contributed by atoms with van der Waals surface area (Å²) < 4.78 is 13.6. The minimum atomic E-state index is -0.153. The van der Waals surface area contributed by atoms with Gasteiger partial charge in [0.15, 0.2) is 5.96 Å². The van der Waals surface area contributed by atoms with E-state index < -0.39 is 0 Å². The Morgan fingerprint density at radius 2 is 1.93 bits per heavy atom. The highest BCUT2D eigenvalue weighted by Gasteiger charge is 2.08. The number of halogens is 1. The monoisotopic (exact) mass is 430 g/mol. The van der Waals surface area contributed by atoms with Gasteiger partial charge in [0.05, 0.1) is 6.54 Å². The summed E-state index contributed by atoms with van der Waals surface area (Å²) in [5.74, 6) is 2.09.